The van der Waals surface area contributed by atoms with E-state index in [0.717, 1.165) is 24.4 Å². The van der Waals surface area contributed by atoms with Gasteiger partial charge in [0.15, 0.2) is 0 Å². The summed E-state index contributed by atoms with van der Waals surface area (Å²) in [7, 11) is 0. The highest BCUT2D eigenvalue weighted by Crippen LogP contribution is 2.11. The van der Waals surface area contributed by atoms with E-state index in [1.54, 1.807) is 0 Å². The lowest BCUT2D eigenvalue weighted by Gasteiger charge is -2.23. The molecule has 1 atom stereocenters. The fourth-order valence-corrected chi connectivity index (χ4v) is 2.09. The van der Waals surface area contributed by atoms with Crippen molar-refractivity contribution < 1.29 is 14.3 Å². The maximum absolute atomic E-state index is 11.9. The van der Waals surface area contributed by atoms with E-state index in [0.29, 0.717) is 26.2 Å². The van der Waals surface area contributed by atoms with Gasteiger partial charge in [0, 0.05) is 31.3 Å². The zero-order chi connectivity index (χ0) is 14.2. The van der Waals surface area contributed by atoms with E-state index in [9.17, 15) is 4.79 Å². The van der Waals surface area contributed by atoms with Crippen LogP contribution in [0.2, 0.25) is 0 Å². The number of hydrogen-bond acceptors (Lipinski definition) is 4. The van der Waals surface area contributed by atoms with E-state index < -0.39 is 0 Å². The van der Waals surface area contributed by atoms with Crippen molar-refractivity contribution >= 4 is 24.0 Å². The van der Waals surface area contributed by atoms with E-state index in [2.05, 4.69) is 10.6 Å². The Balaban J connectivity index is 0.00000220. The molecule has 0 spiro atoms. The summed E-state index contributed by atoms with van der Waals surface area (Å²) < 4.78 is 10.7. The monoisotopic (exact) mass is 314 g/mol. The molecule has 1 fully saturated rings. The largest absolute Gasteiger partial charge is 0.378 e. The summed E-state index contributed by atoms with van der Waals surface area (Å²) in [4.78, 5) is 11.9. The van der Waals surface area contributed by atoms with Crippen molar-refractivity contribution in [3.05, 3.63) is 29.8 Å². The highest BCUT2D eigenvalue weighted by Gasteiger charge is 2.16. The normalized spacial score (nSPS) is 17.9. The van der Waals surface area contributed by atoms with Crippen LogP contribution < -0.4 is 10.6 Å². The Hall–Kier alpha value is -1.14. The van der Waals surface area contributed by atoms with Gasteiger partial charge in [-0.15, -0.1) is 12.4 Å². The molecule has 1 unspecified atom stereocenters. The van der Waals surface area contributed by atoms with Gasteiger partial charge in [-0.25, -0.2) is 0 Å². The van der Waals surface area contributed by atoms with Gasteiger partial charge in [0.25, 0.3) is 0 Å². The number of rotatable bonds is 6. The van der Waals surface area contributed by atoms with Crippen molar-refractivity contribution in [3.8, 4) is 0 Å². The molecule has 0 aromatic heterocycles. The molecule has 6 heteroatoms. The first-order valence-corrected chi connectivity index (χ1v) is 7.05. The van der Waals surface area contributed by atoms with Crippen LogP contribution in [-0.2, 0) is 20.9 Å². The van der Waals surface area contributed by atoms with Crippen LogP contribution in [0.1, 0.15) is 18.9 Å². The van der Waals surface area contributed by atoms with Gasteiger partial charge < -0.3 is 20.1 Å². The van der Waals surface area contributed by atoms with Gasteiger partial charge in [-0.05, 0) is 24.6 Å². The van der Waals surface area contributed by atoms with Crippen molar-refractivity contribution in [3.63, 3.8) is 0 Å². The number of benzene rings is 1. The van der Waals surface area contributed by atoms with Crippen molar-refractivity contribution in [2.45, 2.75) is 26.0 Å². The Labute approximate surface area is 131 Å². The second-order valence-corrected chi connectivity index (χ2v) is 4.81. The third kappa shape index (κ3) is 6.44. The third-order valence-corrected chi connectivity index (χ3v) is 3.14. The molecule has 1 aromatic carbocycles. The molecule has 0 bridgehead atoms. The fourth-order valence-electron chi connectivity index (χ4n) is 2.09. The van der Waals surface area contributed by atoms with Crippen LogP contribution in [0.3, 0.4) is 0 Å². The predicted octanol–water partition coefficient (Wildman–Crippen LogP) is 1.96. The van der Waals surface area contributed by atoms with Gasteiger partial charge in [-0.2, -0.15) is 0 Å². The summed E-state index contributed by atoms with van der Waals surface area (Å²) in [6, 6.07) is 7.84. The van der Waals surface area contributed by atoms with Crippen LogP contribution in [-0.4, -0.2) is 38.3 Å². The quantitative estimate of drug-likeness (QED) is 0.843. The van der Waals surface area contributed by atoms with Gasteiger partial charge in [0.05, 0.1) is 19.8 Å². The molecule has 0 aliphatic carbocycles. The lowest BCUT2D eigenvalue weighted by Crippen LogP contribution is -2.43. The Morgan fingerprint density at radius 3 is 2.81 bits per heavy atom. The molecule has 2 rings (SSSR count). The van der Waals surface area contributed by atoms with E-state index in [-0.39, 0.29) is 24.4 Å². The SMILES string of the molecule is CCOCc1ccc(NC(=O)CC2COCCN2)cc1.Cl. The van der Waals surface area contributed by atoms with Crippen molar-refractivity contribution in [2.75, 3.05) is 31.7 Å². The van der Waals surface area contributed by atoms with Crippen LogP contribution in [0.15, 0.2) is 24.3 Å². The highest BCUT2D eigenvalue weighted by atomic mass is 35.5. The number of carbonyl (C=O) groups is 1. The zero-order valence-electron chi connectivity index (χ0n) is 12.3. The molecule has 118 valence electrons. The number of morpholine rings is 1. The minimum absolute atomic E-state index is 0. The predicted molar refractivity (Wildman–Crippen MR) is 84.9 cm³/mol. The molecule has 5 nitrogen and oxygen atoms in total. The van der Waals surface area contributed by atoms with Crippen LogP contribution >= 0.6 is 12.4 Å². The Morgan fingerprint density at radius 2 is 2.19 bits per heavy atom. The fraction of sp³-hybridized carbons (Fsp3) is 0.533. The van der Waals surface area contributed by atoms with Gasteiger partial charge >= 0.3 is 0 Å². The first-order valence-electron chi connectivity index (χ1n) is 7.05. The van der Waals surface area contributed by atoms with Crippen LogP contribution in [0.25, 0.3) is 0 Å². The number of nitrogens with one attached hydrogen (secondary N) is 2. The zero-order valence-corrected chi connectivity index (χ0v) is 13.1. The molecule has 2 N–H and O–H groups in total. The summed E-state index contributed by atoms with van der Waals surface area (Å²) in [5, 5.41) is 6.16. The van der Waals surface area contributed by atoms with Crippen LogP contribution in [0.4, 0.5) is 5.69 Å². The number of halogens is 1. The van der Waals surface area contributed by atoms with E-state index in [1.165, 1.54) is 0 Å². The van der Waals surface area contributed by atoms with Gasteiger partial charge in [-0.1, -0.05) is 12.1 Å². The maximum Gasteiger partial charge on any atom is 0.226 e. The third-order valence-electron chi connectivity index (χ3n) is 3.14. The molecule has 1 aliphatic rings. The van der Waals surface area contributed by atoms with Gasteiger partial charge in [0.1, 0.15) is 0 Å². The molecule has 1 heterocycles. The van der Waals surface area contributed by atoms with Gasteiger partial charge in [0.2, 0.25) is 5.91 Å². The first kappa shape index (κ1) is 17.9. The smallest absolute Gasteiger partial charge is 0.226 e. The number of carbonyl (C=O) groups excluding carboxylic acids is 1. The Kier molecular flexibility index (Phi) is 8.30. The summed E-state index contributed by atoms with van der Waals surface area (Å²) >= 11 is 0. The average molecular weight is 315 g/mol. The second kappa shape index (κ2) is 9.73. The van der Waals surface area contributed by atoms with Crippen LogP contribution in [0.5, 0.6) is 0 Å². The van der Waals surface area contributed by atoms with E-state index in [1.807, 2.05) is 31.2 Å². The Bertz CT molecular complexity index is 419. The van der Waals surface area contributed by atoms with Gasteiger partial charge in [-0.3, -0.25) is 4.79 Å². The van der Waals surface area contributed by atoms with Crippen molar-refractivity contribution in [2.24, 2.45) is 0 Å². The number of anilines is 1. The maximum atomic E-state index is 11.9. The molecule has 0 radical (unpaired) electrons. The number of ether oxygens (including phenoxy) is 2. The summed E-state index contributed by atoms with van der Waals surface area (Å²) in [6.45, 7) is 5.41. The molecular weight excluding hydrogens is 292 g/mol. The van der Waals surface area contributed by atoms with E-state index in [4.69, 9.17) is 9.47 Å². The molecule has 0 saturated carbocycles. The second-order valence-electron chi connectivity index (χ2n) is 4.81. The summed E-state index contributed by atoms with van der Waals surface area (Å²) in [6.07, 6.45) is 0.431. The molecule has 21 heavy (non-hydrogen) atoms. The number of amides is 1. The summed E-state index contributed by atoms with van der Waals surface area (Å²) in [5.41, 5.74) is 1.92. The highest BCUT2D eigenvalue weighted by molar-refractivity contribution is 5.91. The van der Waals surface area contributed by atoms with E-state index >= 15 is 0 Å². The van der Waals surface area contributed by atoms with Crippen LogP contribution in [0, 0.1) is 0 Å². The lowest BCUT2D eigenvalue weighted by molar-refractivity contribution is -0.117. The lowest BCUT2D eigenvalue weighted by atomic mass is 10.1. The number of hydrogen-bond donors (Lipinski definition) is 2. The minimum Gasteiger partial charge on any atom is -0.378 e. The standard InChI is InChI=1S/C15H22N2O3.ClH/c1-2-19-10-12-3-5-13(6-4-12)17-15(18)9-14-11-20-8-7-16-14;/h3-6,14,16H,2,7-11H2,1H3,(H,17,18);1H. The topological polar surface area (TPSA) is 59.6 Å². The molecule has 1 amide bonds. The van der Waals surface area contributed by atoms with Crippen molar-refractivity contribution in [1.82, 2.24) is 5.32 Å². The minimum atomic E-state index is 0. The Morgan fingerprint density at radius 1 is 1.43 bits per heavy atom. The molecular formula is C15H23ClN2O3. The first-order chi connectivity index (χ1) is 9.78. The molecule has 1 saturated heterocycles. The van der Waals surface area contributed by atoms with Crippen molar-refractivity contribution in [1.29, 1.82) is 0 Å². The summed E-state index contributed by atoms with van der Waals surface area (Å²) in [5.74, 6) is 0.00515. The molecule has 1 aliphatic heterocycles. The average Bonchev–Trinajstić information content (AvgIpc) is 2.47. The molecule has 1 aromatic rings.